The van der Waals surface area contributed by atoms with Gasteiger partial charge in [-0.2, -0.15) is 0 Å². The van der Waals surface area contributed by atoms with E-state index in [1.807, 2.05) is 0 Å². The fourth-order valence-electron chi connectivity index (χ4n) is 3.20. The summed E-state index contributed by atoms with van der Waals surface area (Å²) >= 11 is 6.28. The number of fused-ring (bicyclic) bond motifs is 1. The Morgan fingerprint density at radius 3 is 2.59 bits per heavy atom. The van der Waals surface area contributed by atoms with Gasteiger partial charge in [0.15, 0.2) is 10.9 Å². The fraction of sp³-hybridized carbons (Fsp3) is 0.333. The lowest BCUT2D eigenvalue weighted by molar-refractivity contribution is 0.238. The van der Waals surface area contributed by atoms with Gasteiger partial charge in [0, 0.05) is 29.3 Å². The molecule has 0 radical (unpaired) electrons. The number of rotatable bonds is 6. The Hall–Kier alpha value is -2.27. The molecule has 0 aliphatic heterocycles. The summed E-state index contributed by atoms with van der Waals surface area (Å²) in [6.45, 7) is 7.01. The van der Waals surface area contributed by atoms with E-state index < -0.39 is 11.6 Å². The number of hydrogen-bond acceptors (Lipinski definition) is 3. The van der Waals surface area contributed by atoms with Gasteiger partial charge in [0.2, 0.25) is 0 Å². The monoisotopic (exact) mass is 390 g/mol. The second-order valence-electron chi connectivity index (χ2n) is 7.17. The van der Waals surface area contributed by atoms with Crippen molar-refractivity contribution in [2.45, 2.75) is 27.2 Å². The van der Waals surface area contributed by atoms with Crippen molar-refractivity contribution in [2.75, 3.05) is 6.61 Å². The van der Waals surface area contributed by atoms with Crippen molar-refractivity contribution in [1.29, 1.82) is 0 Å². The van der Waals surface area contributed by atoms with Gasteiger partial charge in [-0.05, 0) is 36.5 Å². The average molecular weight is 391 g/mol. The highest BCUT2D eigenvalue weighted by Gasteiger charge is 2.15. The van der Waals surface area contributed by atoms with E-state index in [-0.39, 0.29) is 16.1 Å². The predicted molar refractivity (Wildman–Crippen MR) is 104 cm³/mol. The van der Waals surface area contributed by atoms with Crippen molar-refractivity contribution in [3.05, 3.63) is 53.3 Å². The van der Waals surface area contributed by atoms with Crippen LogP contribution >= 0.6 is 11.6 Å². The summed E-state index contributed by atoms with van der Waals surface area (Å²) in [7, 11) is 0. The molecule has 0 saturated heterocycles. The minimum Gasteiger partial charge on any atom is -0.490 e. The molecule has 6 heteroatoms. The molecule has 0 N–H and O–H groups in total. The number of aromatic nitrogens is 2. The lowest BCUT2D eigenvalue weighted by Gasteiger charge is -2.16. The van der Waals surface area contributed by atoms with E-state index >= 15 is 0 Å². The largest absolute Gasteiger partial charge is 0.490 e. The van der Waals surface area contributed by atoms with Crippen LogP contribution in [-0.4, -0.2) is 16.6 Å². The summed E-state index contributed by atoms with van der Waals surface area (Å²) < 4.78 is 33.6. The van der Waals surface area contributed by atoms with Crippen LogP contribution < -0.4 is 4.74 Å². The Morgan fingerprint density at radius 2 is 1.89 bits per heavy atom. The maximum absolute atomic E-state index is 14.3. The summed E-state index contributed by atoms with van der Waals surface area (Å²) in [5.74, 6) is 0.123. The Morgan fingerprint density at radius 1 is 1.11 bits per heavy atom. The molecule has 3 nitrogen and oxygen atoms in total. The van der Waals surface area contributed by atoms with Crippen molar-refractivity contribution in [3.63, 3.8) is 0 Å². The van der Waals surface area contributed by atoms with E-state index in [0.717, 1.165) is 12.5 Å². The summed E-state index contributed by atoms with van der Waals surface area (Å²) in [4.78, 5) is 8.38. The van der Waals surface area contributed by atoms with Crippen LogP contribution in [0.5, 0.6) is 5.75 Å². The highest BCUT2D eigenvalue weighted by atomic mass is 35.5. The van der Waals surface area contributed by atoms with Crippen molar-refractivity contribution in [1.82, 2.24) is 9.97 Å². The first kappa shape index (κ1) is 19.5. The van der Waals surface area contributed by atoms with E-state index in [1.165, 1.54) is 12.3 Å². The number of pyridine rings is 2. The van der Waals surface area contributed by atoms with Gasteiger partial charge in [-0.1, -0.05) is 32.4 Å². The molecule has 0 unspecified atom stereocenters. The van der Waals surface area contributed by atoms with Crippen LogP contribution in [0.25, 0.3) is 22.2 Å². The minimum atomic E-state index is -0.686. The molecule has 0 aliphatic carbocycles. The van der Waals surface area contributed by atoms with E-state index in [1.54, 1.807) is 18.2 Å². The van der Waals surface area contributed by atoms with E-state index in [9.17, 15) is 8.78 Å². The quantitative estimate of drug-likeness (QED) is 0.464. The van der Waals surface area contributed by atoms with Gasteiger partial charge in [-0.3, -0.25) is 4.98 Å². The van der Waals surface area contributed by atoms with Crippen molar-refractivity contribution < 1.29 is 13.5 Å². The van der Waals surface area contributed by atoms with Gasteiger partial charge < -0.3 is 4.74 Å². The smallest absolute Gasteiger partial charge is 0.171 e. The van der Waals surface area contributed by atoms with Crippen LogP contribution in [0.15, 0.2) is 36.5 Å². The zero-order valence-electron chi connectivity index (χ0n) is 15.5. The molecule has 0 aliphatic rings. The van der Waals surface area contributed by atoms with Crippen molar-refractivity contribution >= 4 is 22.5 Å². The zero-order valence-corrected chi connectivity index (χ0v) is 16.2. The average Bonchev–Trinajstić information content (AvgIpc) is 2.59. The molecule has 0 saturated carbocycles. The fourth-order valence-corrected chi connectivity index (χ4v) is 3.41. The third kappa shape index (κ3) is 4.53. The summed E-state index contributed by atoms with van der Waals surface area (Å²) in [5, 5.41) is 0.415. The summed E-state index contributed by atoms with van der Waals surface area (Å²) in [6.07, 6.45) is 2.55. The van der Waals surface area contributed by atoms with Gasteiger partial charge >= 0.3 is 0 Å². The van der Waals surface area contributed by atoms with E-state index in [4.69, 9.17) is 16.3 Å². The van der Waals surface area contributed by atoms with Crippen LogP contribution in [0.3, 0.4) is 0 Å². The Bertz CT molecular complexity index is 962. The Kier molecular flexibility index (Phi) is 5.90. The number of halogens is 3. The molecule has 0 spiro atoms. The Balaban J connectivity index is 1.89. The number of benzene rings is 1. The van der Waals surface area contributed by atoms with E-state index in [2.05, 4.69) is 30.7 Å². The van der Waals surface area contributed by atoms with Crippen LogP contribution in [0.2, 0.25) is 5.15 Å². The molecule has 27 heavy (non-hydrogen) atoms. The SMILES string of the molecule is CC(C)C[C@@H](C)COc1ccc(-c2ccnc3cc(F)cc(F)c23)nc1Cl. The third-order valence-corrected chi connectivity index (χ3v) is 4.52. The lowest BCUT2D eigenvalue weighted by Crippen LogP contribution is -2.11. The van der Waals surface area contributed by atoms with Crippen LogP contribution in [0.1, 0.15) is 27.2 Å². The summed E-state index contributed by atoms with van der Waals surface area (Å²) in [5.41, 5.74) is 1.20. The number of hydrogen-bond donors (Lipinski definition) is 0. The van der Waals surface area contributed by atoms with Gasteiger partial charge in [0.1, 0.15) is 11.6 Å². The topological polar surface area (TPSA) is 35.0 Å². The first-order valence-corrected chi connectivity index (χ1v) is 9.26. The normalized spacial score (nSPS) is 12.6. The molecule has 2 aromatic heterocycles. The highest BCUT2D eigenvalue weighted by molar-refractivity contribution is 6.31. The molecule has 3 rings (SSSR count). The molecule has 0 amide bonds. The zero-order chi connectivity index (χ0) is 19.6. The minimum absolute atomic E-state index is 0.205. The maximum atomic E-state index is 14.3. The second kappa shape index (κ2) is 8.17. The van der Waals surface area contributed by atoms with Gasteiger partial charge in [0.05, 0.1) is 17.8 Å². The lowest BCUT2D eigenvalue weighted by atomic mass is 10.00. The molecule has 142 valence electrons. The highest BCUT2D eigenvalue weighted by Crippen LogP contribution is 2.32. The van der Waals surface area contributed by atoms with Crippen LogP contribution in [0.4, 0.5) is 8.78 Å². The number of nitrogens with zero attached hydrogens (tertiary/aromatic N) is 2. The van der Waals surface area contributed by atoms with E-state index in [0.29, 0.717) is 35.4 Å². The first-order valence-electron chi connectivity index (χ1n) is 8.88. The van der Waals surface area contributed by atoms with Crippen LogP contribution in [-0.2, 0) is 0 Å². The maximum Gasteiger partial charge on any atom is 0.171 e. The molecular weight excluding hydrogens is 370 g/mol. The first-order chi connectivity index (χ1) is 12.8. The van der Waals surface area contributed by atoms with Gasteiger partial charge in [0.25, 0.3) is 0 Å². The standard InChI is InChI=1S/C21H21ClF2N2O/c1-12(2)8-13(3)11-27-19-5-4-17(26-21(19)22)15-6-7-25-18-10-14(23)9-16(24)20(15)18/h4-7,9-10,12-13H,8,11H2,1-3H3/t13-/m1/s1. The van der Waals surface area contributed by atoms with Crippen LogP contribution in [0, 0.1) is 23.5 Å². The van der Waals surface area contributed by atoms with Crippen molar-refractivity contribution in [2.24, 2.45) is 11.8 Å². The molecule has 0 fully saturated rings. The predicted octanol–water partition coefficient (Wildman–Crippen LogP) is 6.29. The third-order valence-electron chi connectivity index (χ3n) is 4.25. The van der Waals surface area contributed by atoms with Gasteiger partial charge in [-0.15, -0.1) is 0 Å². The number of ether oxygens (including phenoxy) is 1. The van der Waals surface area contributed by atoms with Gasteiger partial charge in [-0.25, -0.2) is 13.8 Å². The van der Waals surface area contributed by atoms with Crippen molar-refractivity contribution in [3.8, 4) is 17.0 Å². The molecule has 2 heterocycles. The molecule has 0 bridgehead atoms. The molecule has 1 aromatic carbocycles. The molecule has 3 aromatic rings. The molecule has 1 atom stereocenters. The second-order valence-corrected chi connectivity index (χ2v) is 7.53. The molecular formula is C21H21ClF2N2O. The summed E-state index contributed by atoms with van der Waals surface area (Å²) in [6, 6.07) is 7.10. The Labute approximate surface area is 162 Å².